The molecule has 0 saturated heterocycles. The Morgan fingerprint density at radius 1 is 1.03 bits per heavy atom. The Morgan fingerprint density at radius 3 is 2.48 bits per heavy atom. The smallest absolute Gasteiger partial charge is 0.266 e. The number of methoxy groups -OCH3 is 2. The molecule has 0 aliphatic carbocycles. The Bertz CT molecular complexity index is 1100. The second-order valence-electron chi connectivity index (χ2n) is 6.83. The van der Waals surface area contributed by atoms with E-state index < -0.39 is 0 Å². The van der Waals surface area contributed by atoms with Crippen LogP contribution in [0.25, 0.3) is 11.3 Å². The van der Waals surface area contributed by atoms with Gasteiger partial charge >= 0.3 is 0 Å². The Labute approximate surface area is 185 Å². The molecule has 1 aromatic heterocycles. The van der Waals surface area contributed by atoms with Crippen molar-refractivity contribution in [3.8, 4) is 22.8 Å². The first-order chi connectivity index (χ1) is 15.0. The van der Waals surface area contributed by atoms with Crippen LogP contribution in [0.4, 0.5) is 0 Å². The van der Waals surface area contributed by atoms with Crippen molar-refractivity contribution in [3.63, 3.8) is 0 Å². The van der Waals surface area contributed by atoms with Crippen molar-refractivity contribution in [2.45, 2.75) is 19.4 Å². The highest BCUT2D eigenvalue weighted by Gasteiger charge is 2.08. The number of benzene rings is 2. The average Bonchev–Trinajstić information content (AvgIpc) is 2.79. The molecule has 31 heavy (non-hydrogen) atoms. The number of nitrogens with one attached hydrogen (secondary N) is 1. The summed E-state index contributed by atoms with van der Waals surface area (Å²) in [7, 11) is 3.17. The van der Waals surface area contributed by atoms with Crippen LogP contribution in [0.1, 0.15) is 12.0 Å². The first kappa shape index (κ1) is 22.4. The molecule has 0 aliphatic heterocycles. The van der Waals surface area contributed by atoms with Crippen molar-refractivity contribution in [2.75, 3.05) is 20.8 Å². The van der Waals surface area contributed by atoms with Crippen molar-refractivity contribution < 1.29 is 14.3 Å². The van der Waals surface area contributed by atoms with Gasteiger partial charge in [-0.2, -0.15) is 5.10 Å². The summed E-state index contributed by atoms with van der Waals surface area (Å²) in [6.45, 7) is 0.671. The zero-order valence-corrected chi connectivity index (χ0v) is 18.2. The van der Waals surface area contributed by atoms with E-state index in [4.69, 9.17) is 21.1 Å². The molecule has 8 heteroatoms. The Balaban J connectivity index is 1.53. The third kappa shape index (κ3) is 6.08. The summed E-state index contributed by atoms with van der Waals surface area (Å²) in [6, 6.07) is 16.0. The van der Waals surface area contributed by atoms with E-state index in [9.17, 15) is 9.59 Å². The van der Waals surface area contributed by atoms with Gasteiger partial charge in [0, 0.05) is 29.6 Å². The fourth-order valence-corrected chi connectivity index (χ4v) is 3.19. The predicted molar refractivity (Wildman–Crippen MR) is 120 cm³/mol. The highest BCUT2D eigenvalue weighted by molar-refractivity contribution is 6.30. The third-order valence-electron chi connectivity index (χ3n) is 4.74. The third-order valence-corrected chi connectivity index (χ3v) is 4.99. The number of halogens is 1. The SMILES string of the molecule is COc1ccc(CCNC(=O)CCn2nc(-c3ccc(Cl)cc3)ccc2=O)cc1OC. The van der Waals surface area contributed by atoms with Gasteiger partial charge in [-0.1, -0.05) is 29.8 Å². The number of rotatable bonds is 9. The second kappa shape index (κ2) is 10.6. The molecule has 0 unspecified atom stereocenters. The standard InChI is InChI=1S/C23H24ClN3O4/c1-30-20-9-3-16(15-21(20)31-2)11-13-25-22(28)12-14-27-23(29)10-8-19(26-27)17-4-6-18(24)7-5-17/h3-10,15H,11-14H2,1-2H3,(H,25,28). The quantitative estimate of drug-likeness (QED) is 0.550. The summed E-state index contributed by atoms with van der Waals surface area (Å²) >= 11 is 5.92. The molecule has 0 aliphatic rings. The van der Waals surface area contributed by atoms with Gasteiger partial charge < -0.3 is 14.8 Å². The lowest BCUT2D eigenvalue weighted by atomic mass is 10.1. The van der Waals surface area contributed by atoms with Crippen molar-refractivity contribution in [3.05, 3.63) is 75.5 Å². The number of amides is 1. The van der Waals surface area contributed by atoms with E-state index in [1.54, 1.807) is 32.4 Å². The maximum absolute atomic E-state index is 12.2. The van der Waals surface area contributed by atoms with Crippen LogP contribution >= 0.6 is 11.6 Å². The molecule has 3 rings (SSSR count). The summed E-state index contributed by atoms with van der Waals surface area (Å²) in [6.07, 6.45) is 0.805. The minimum absolute atomic E-state index is 0.147. The summed E-state index contributed by atoms with van der Waals surface area (Å²) in [5, 5.41) is 7.86. The number of carbonyl (C=O) groups excluding carboxylic acids is 1. The first-order valence-electron chi connectivity index (χ1n) is 9.82. The molecule has 162 valence electrons. The van der Waals surface area contributed by atoms with Crippen LogP contribution in [0.3, 0.4) is 0 Å². The van der Waals surface area contributed by atoms with Crippen molar-refractivity contribution in [2.24, 2.45) is 0 Å². The molecule has 1 amide bonds. The number of aromatic nitrogens is 2. The summed E-state index contributed by atoms with van der Waals surface area (Å²) in [4.78, 5) is 24.3. The molecule has 0 saturated carbocycles. The molecule has 7 nitrogen and oxygen atoms in total. The number of aryl methyl sites for hydroxylation is 1. The number of carbonyl (C=O) groups is 1. The van der Waals surface area contributed by atoms with Gasteiger partial charge in [0.15, 0.2) is 11.5 Å². The van der Waals surface area contributed by atoms with Gasteiger partial charge in [0.25, 0.3) is 5.56 Å². The number of hydrogen-bond acceptors (Lipinski definition) is 5. The van der Waals surface area contributed by atoms with E-state index in [1.165, 1.54) is 10.7 Å². The van der Waals surface area contributed by atoms with Crippen LogP contribution in [0.5, 0.6) is 11.5 Å². The molecule has 1 N–H and O–H groups in total. The van der Waals surface area contributed by atoms with Crippen LogP contribution < -0.4 is 20.3 Å². The lowest BCUT2D eigenvalue weighted by Crippen LogP contribution is -2.29. The fourth-order valence-electron chi connectivity index (χ4n) is 3.06. The predicted octanol–water partition coefficient (Wildman–Crippen LogP) is 3.33. The molecule has 0 fully saturated rings. The molecule has 0 radical (unpaired) electrons. The van der Waals surface area contributed by atoms with Gasteiger partial charge in [0.2, 0.25) is 5.91 Å². The zero-order chi connectivity index (χ0) is 22.2. The van der Waals surface area contributed by atoms with Gasteiger partial charge in [-0.3, -0.25) is 9.59 Å². The Morgan fingerprint density at radius 2 is 1.77 bits per heavy atom. The van der Waals surface area contributed by atoms with Crippen molar-refractivity contribution >= 4 is 17.5 Å². The van der Waals surface area contributed by atoms with Crippen LogP contribution in [0.15, 0.2) is 59.4 Å². The summed E-state index contributed by atoms with van der Waals surface area (Å²) in [5.74, 6) is 1.16. The van der Waals surface area contributed by atoms with E-state index in [2.05, 4.69) is 10.4 Å². The number of ether oxygens (including phenoxy) is 2. The zero-order valence-electron chi connectivity index (χ0n) is 17.4. The Hall–Kier alpha value is -3.32. The molecule has 0 bridgehead atoms. The molecule has 2 aromatic carbocycles. The minimum Gasteiger partial charge on any atom is -0.493 e. The van der Waals surface area contributed by atoms with Crippen LogP contribution in [0, 0.1) is 0 Å². The normalized spacial score (nSPS) is 10.5. The first-order valence-corrected chi connectivity index (χ1v) is 10.2. The number of hydrogen-bond donors (Lipinski definition) is 1. The monoisotopic (exact) mass is 441 g/mol. The van der Waals surface area contributed by atoms with E-state index >= 15 is 0 Å². The van der Waals surface area contributed by atoms with E-state index in [0.29, 0.717) is 35.2 Å². The molecular weight excluding hydrogens is 418 g/mol. The average molecular weight is 442 g/mol. The largest absolute Gasteiger partial charge is 0.493 e. The maximum Gasteiger partial charge on any atom is 0.266 e. The molecular formula is C23H24ClN3O4. The lowest BCUT2D eigenvalue weighted by Gasteiger charge is -2.10. The molecule has 1 heterocycles. The summed E-state index contributed by atoms with van der Waals surface area (Å²) < 4.78 is 11.8. The second-order valence-corrected chi connectivity index (χ2v) is 7.26. The van der Waals surface area contributed by atoms with Gasteiger partial charge in [-0.25, -0.2) is 4.68 Å². The van der Waals surface area contributed by atoms with Crippen molar-refractivity contribution in [1.82, 2.24) is 15.1 Å². The highest BCUT2D eigenvalue weighted by Crippen LogP contribution is 2.27. The molecule has 0 atom stereocenters. The molecule has 0 spiro atoms. The molecule has 3 aromatic rings. The maximum atomic E-state index is 12.2. The highest BCUT2D eigenvalue weighted by atomic mass is 35.5. The van der Waals surface area contributed by atoms with Crippen LogP contribution in [-0.4, -0.2) is 36.5 Å². The van der Waals surface area contributed by atoms with Gasteiger partial charge in [-0.15, -0.1) is 0 Å². The van der Waals surface area contributed by atoms with Crippen LogP contribution in [0.2, 0.25) is 5.02 Å². The lowest BCUT2D eigenvalue weighted by molar-refractivity contribution is -0.121. The fraction of sp³-hybridized carbons (Fsp3) is 0.261. The van der Waals surface area contributed by atoms with Crippen LogP contribution in [-0.2, 0) is 17.8 Å². The van der Waals surface area contributed by atoms with Gasteiger partial charge in [-0.05, 0) is 42.3 Å². The van der Waals surface area contributed by atoms with Crippen molar-refractivity contribution in [1.29, 1.82) is 0 Å². The summed E-state index contributed by atoms with van der Waals surface area (Å²) in [5.41, 5.74) is 2.25. The van der Waals surface area contributed by atoms with E-state index in [-0.39, 0.29) is 24.4 Å². The van der Waals surface area contributed by atoms with E-state index in [0.717, 1.165) is 11.1 Å². The Kier molecular flexibility index (Phi) is 7.67. The van der Waals surface area contributed by atoms with Gasteiger partial charge in [0.1, 0.15) is 0 Å². The minimum atomic E-state index is -0.254. The topological polar surface area (TPSA) is 82.5 Å². The van der Waals surface area contributed by atoms with E-state index in [1.807, 2.05) is 30.3 Å². The van der Waals surface area contributed by atoms with Gasteiger partial charge in [0.05, 0.1) is 26.5 Å². The number of nitrogens with zero attached hydrogens (tertiary/aromatic N) is 2.